The molecule has 0 fully saturated rings. The van der Waals surface area contributed by atoms with Crippen LogP contribution in [0.15, 0.2) is 53.4 Å². The summed E-state index contributed by atoms with van der Waals surface area (Å²) < 4.78 is 17.7. The number of aryl methyl sites for hydroxylation is 1. The molecule has 1 amide bonds. The molecule has 4 aromatic rings. The van der Waals surface area contributed by atoms with Crippen LogP contribution >= 0.6 is 15.9 Å². The van der Waals surface area contributed by atoms with Crippen molar-refractivity contribution in [2.75, 3.05) is 5.32 Å². The van der Waals surface area contributed by atoms with Gasteiger partial charge in [-0.3, -0.25) is 9.48 Å². The molecule has 2 aromatic heterocycles. The summed E-state index contributed by atoms with van der Waals surface area (Å²) in [4.78, 5) is 12.6. The molecule has 7 nitrogen and oxygen atoms in total. The van der Waals surface area contributed by atoms with Crippen molar-refractivity contribution in [3.63, 3.8) is 0 Å². The first-order chi connectivity index (χ1) is 13.5. The predicted octanol–water partition coefficient (Wildman–Crippen LogP) is 3.78. The van der Waals surface area contributed by atoms with E-state index in [4.69, 9.17) is 5.26 Å². The number of hydrogen-bond donors (Lipinski definition) is 1. The van der Waals surface area contributed by atoms with Gasteiger partial charge in [0.25, 0.3) is 5.91 Å². The molecule has 0 bridgehead atoms. The molecule has 0 unspecified atom stereocenters. The molecule has 28 heavy (non-hydrogen) atoms. The monoisotopic (exact) mass is 438 g/mol. The fourth-order valence-corrected chi connectivity index (χ4v) is 3.45. The van der Waals surface area contributed by atoms with Gasteiger partial charge in [0.1, 0.15) is 17.6 Å². The summed E-state index contributed by atoms with van der Waals surface area (Å²) >= 11 is 3.14. The normalized spacial score (nSPS) is 10.8. The Kier molecular flexibility index (Phi) is 4.41. The number of nitriles is 1. The lowest BCUT2D eigenvalue weighted by Crippen LogP contribution is -2.15. The molecule has 0 aliphatic heterocycles. The number of nitrogens with one attached hydrogen (secondary N) is 1. The molecule has 0 spiro atoms. The first kappa shape index (κ1) is 17.9. The largest absolute Gasteiger partial charge is 0.322 e. The van der Waals surface area contributed by atoms with Crippen molar-refractivity contribution in [3.05, 3.63) is 70.3 Å². The topological polar surface area (TPSA) is 88.5 Å². The van der Waals surface area contributed by atoms with E-state index in [9.17, 15) is 9.18 Å². The molecular formula is C19H12BrFN6O. The Morgan fingerprint density at radius 2 is 2.07 bits per heavy atom. The Morgan fingerprint density at radius 3 is 2.79 bits per heavy atom. The van der Waals surface area contributed by atoms with Crippen LogP contribution in [0.5, 0.6) is 0 Å². The molecule has 0 saturated heterocycles. The molecule has 0 saturated carbocycles. The van der Waals surface area contributed by atoms with E-state index in [1.165, 1.54) is 6.07 Å². The average Bonchev–Trinajstić information content (AvgIpc) is 3.27. The third-order valence-electron chi connectivity index (χ3n) is 4.20. The number of rotatable bonds is 3. The highest BCUT2D eigenvalue weighted by atomic mass is 79.9. The van der Waals surface area contributed by atoms with Gasteiger partial charge in [0.15, 0.2) is 0 Å². The molecule has 0 radical (unpaired) electrons. The van der Waals surface area contributed by atoms with E-state index in [1.54, 1.807) is 33.9 Å². The summed E-state index contributed by atoms with van der Waals surface area (Å²) in [5, 5.41) is 21.1. The van der Waals surface area contributed by atoms with E-state index in [2.05, 4.69) is 31.4 Å². The van der Waals surface area contributed by atoms with E-state index in [-0.39, 0.29) is 15.6 Å². The van der Waals surface area contributed by atoms with Gasteiger partial charge < -0.3 is 5.32 Å². The Balaban J connectivity index is 1.71. The van der Waals surface area contributed by atoms with Crippen LogP contribution in [-0.2, 0) is 7.05 Å². The molecule has 138 valence electrons. The van der Waals surface area contributed by atoms with Crippen LogP contribution < -0.4 is 5.32 Å². The van der Waals surface area contributed by atoms with Gasteiger partial charge in [-0.1, -0.05) is 0 Å². The number of amides is 1. The maximum Gasteiger partial charge on any atom is 0.259 e. The van der Waals surface area contributed by atoms with E-state index in [0.717, 1.165) is 22.7 Å². The van der Waals surface area contributed by atoms with Gasteiger partial charge in [-0.2, -0.15) is 15.5 Å². The van der Waals surface area contributed by atoms with Crippen molar-refractivity contribution in [1.82, 2.24) is 19.6 Å². The van der Waals surface area contributed by atoms with Gasteiger partial charge >= 0.3 is 0 Å². The Hall–Kier alpha value is -3.51. The van der Waals surface area contributed by atoms with Gasteiger partial charge in [0.05, 0.1) is 39.7 Å². The molecule has 2 heterocycles. The van der Waals surface area contributed by atoms with Gasteiger partial charge in [0.2, 0.25) is 0 Å². The van der Waals surface area contributed by atoms with Crippen molar-refractivity contribution in [1.29, 1.82) is 5.26 Å². The highest BCUT2D eigenvalue weighted by molar-refractivity contribution is 9.10. The lowest BCUT2D eigenvalue weighted by atomic mass is 10.1. The molecule has 0 atom stereocenters. The molecule has 0 aliphatic carbocycles. The second kappa shape index (κ2) is 6.90. The zero-order chi connectivity index (χ0) is 19.8. The van der Waals surface area contributed by atoms with E-state index in [1.807, 2.05) is 25.4 Å². The summed E-state index contributed by atoms with van der Waals surface area (Å²) in [5.41, 5.74) is 1.96. The highest BCUT2D eigenvalue weighted by Crippen LogP contribution is 2.26. The summed E-state index contributed by atoms with van der Waals surface area (Å²) in [5.74, 6) is -1.38. The fourth-order valence-electron chi connectivity index (χ4n) is 2.86. The Bertz CT molecular complexity index is 1270. The zero-order valence-corrected chi connectivity index (χ0v) is 16.1. The van der Waals surface area contributed by atoms with Crippen molar-refractivity contribution in [3.8, 4) is 11.8 Å². The summed E-state index contributed by atoms with van der Waals surface area (Å²) in [7, 11) is 1.81. The van der Waals surface area contributed by atoms with Crippen molar-refractivity contribution >= 4 is 38.4 Å². The van der Waals surface area contributed by atoms with Gasteiger partial charge in [-0.05, 0) is 46.3 Å². The molecule has 1 N–H and O–H groups in total. The van der Waals surface area contributed by atoms with Crippen LogP contribution in [0.25, 0.3) is 16.6 Å². The van der Waals surface area contributed by atoms with Crippen molar-refractivity contribution in [2.45, 2.75) is 0 Å². The lowest BCUT2D eigenvalue weighted by molar-refractivity contribution is 0.102. The number of benzene rings is 2. The van der Waals surface area contributed by atoms with Gasteiger partial charge in [0, 0.05) is 18.1 Å². The number of hydrogen-bond acceptors (Lipinski definition) is 4. The summed E-state index contributed by atoms with van der Waals surface area (Å²) in [6, 6.07) is 9.58. The fraction of sp³-hybridized carbons (Fsp3) is 0.0526. The third-order valence-corrected chi connectivity index (χ3v) is 5.03. The maximum atomic E-state index is 14.2. The summed E-state index contributed by atoms with van der Waals surface area (Å²) in [6.07, 6.45) is 5.20. The average molecular weight is 439 g/mol. The van der Waals surface area contributed by atoms with E-state index in [0.29, 0.717) is 5.69 Å². The standard InChI is InChI=1S/C19H12BrFN6O/c1-26-10-14(9-23-26)27-16-6-13(4-2-12(16)8-24-27)25-19(28)17-15(21)5-3-11(7-22)18(17)20/h2-6,8-10H,1H3,(H,25,28). The van der Waals surface area contributed by atoms with Crippen LogP contribution in [0.3, 0.4) is 0 Å². The molecular weight excluding hydrogens is 427 g/mol. The second-order valence-corrected chi connectivity index (χ2v) is 6.85. The first-order valence-corrected chi connectivity index (χ1v) is 8.93. The SMILES string of the molecule is Cn1cc(-n2ncc3ccc(NC(=O)c4c(F)ccc(C#N)c4Br)cc32)cn1. The van der Waals surface area contributed by atoms with Gasteiger partial charge in [-0.15, -0.1) is 0 Å². The summed E-state index contributed by atoms with van der Waals surface area (Å²) in [6.45, 7) is 0. The number of carbonyl (C=O) groups excluding carboxylic acids is 1. The Labute approximate surface area is 167 Å². The third kappa shape index (κ3) is 3.04. The molecule has 2 aromatic carbocycles. The maximum absolute atomic E-state index is 14.2. The minimum atomic E-state index is -0.718. The van der Waals surface area contributed by atoms with Crippen LogP contribution in [0.4, 0.5) is 10.1 Å². The predicted molar refractivity (Wildman–Crippen MR) is 105 cm³/mol. The smallest absolute Gasteiger partial charge is 0.259 e. The minimum Gasteiger partial charge on any atom is -0.322 e. The number of anilines is 1. The van der Waals surface area contributed by atoms with E-state index < -0.39 is 11.7 Å². The van der Waals surface area contributed by atoms with Crippen LogP contribution in [0, 0.1) is 17.1 Å². The van der Waals surface area contributed by atoms with Crippen LogP contribution in [-0.4, -0.2) is 25.5 Å². The highest BCUT2D eigenvalue weighted by Gasteiger charge is 2.19. The van der Waals surface area contributed by atoms with Crippen molar-refractivity contribution < 1.29 is 9.18 Å². The van der Waals surface area contributed by atoms with Gasteiger partial charge in [-0.25, -0.2) is 9.07 Å². The number of fused-ring (bicyclic) bond motifs is 1. The van der Waals surface area contributed by atoms with Crippen LogP contribution in [0.2, 0.25) is 0 Å². The number of nitrogens with zero attached hydrogens (tertiary/aromatic N) is 5. The number of halogens is 2. The zero-order valence-electron chi connectivity index (χ0n) is 14.5. The second-order valence-electron chi connectivity index (χ2n) is 6.05. The molecule has 0 aliphatic rings. The lowest BCUT2D eigenvalue weighted by Gasteiger charge is -2.09. The number of aromatic nitrogens is 4. The quantitative estimate of drug-likeness (QED) is 0.526. The van der Waals surface area contributed by atoms with E-state index >= 15 is 0 Å². The Morgan fingerprint density at radius 1 is 1.25 bits per heavy atom. The first-order valence-electron chi connectivity index (χ1n) is 8.14. The minimum absolute atomic E-state index is 0.119. The molecule has 9 heteroatoms. The van der Waals surface area contributed by atoms with Crippen molar-refractivity contribution in [2.24, 2.45) is 7.05 Å². The van der Waals surface area contributed by atoms with Crippen LogP contribution in [0.1, 0.15) is 15.9 Å². The number of carbonyl (C=O) groups is 1. The molecule has 4 rings (SSSR count).